The molecule has 0 radical (unpaired) electrons. The Hall–Kier alpha value is -4.76. The molecular weight excluding hydrogens is 543 g/mol. The van der Waals surface area contributed by atoms with E-state index in [9.17, 15) is 4.79 Å². The molecule has 0 amide bonds. The van der Waals surface area contributed by atoms with Gasteiger partial charge >= 0.3 is 0 Å². The summed E-state index contributed by atoms with van der Waals surface area (Å²) in [4.78, 5) is 29.7. The SMILES string of the molecule is COc1nc(-c2cccc(-c3cccc(Nc4nc(C)nc5cccnc45)c3C)c2F)ccc1CNC[C@@H]1CCC(=O)C1. The summed E-state index contributed by atoms with van der Waals surface area (Å²) in [6.45, 7) is 5.12. The number of pyridine rings is 2. The van der Waals surface area contributed by atoms with E-state index in [0.29, 0.717) is 70.9 Å². The summed E-state index contributed by atoms with van der Waals surface area (Å²) in [5.41, 5.74) is 6.06. The molecular formula is C34H33FN6O2. The van der Waals surface area contributed by atoms with Crippen LogP contribution in [-0.2, 0) is 11.3 Å². The molecule has 1 saturated carbocycles. The number of aromatic nitrogens is 4. The van der Waals surface area contributed by atoms with Crippen molar-refractivity contribution in [2.24, 2.45) is 5.92 Å². The average molecular weight is 577 g/mol. The molecule has 8 nitrogen and oxygen atoms in total. The third-order valence-electron chi connectivity index (χ3n) is 7.95. The molecule has 3 aromatic heterocycles. The van der Waals surface area contributed by atoms with Crippen molar-refractivity contribution in [3.63, 3.8) is 0 Å². The molecule has 0 spiro atoms. The van der Waals surface area contributed by atoms with Crippen molar-refractivity contribution < 1.29 is 13.9 Å². The van der Waals surface area contributed by atoms with E-state index in [0.717, 1.165) is 40.9 Å². The first-order chi connectivity index (χ1) is 20.9. The second-order valence-corrected chi connectivity index (χ2v) is 10.9. The number of aryl methyl sites for hydroxylation is 1. The summed E-state index contributed by atoms with van der Waals surface area (Å²) in [5, 5.41) is 6.82. The van der Waals surface area contributed by atoms with Gasteiger partial charge in [-0.05, 0) is 74.2 Å². The quantitative estimate of drug-likeness (QED) is 0.199. The zero-order valence-corrected chi connectivity index (χ0v) is 24.4. The molecule has 43 heavy (non-hydrogen) atoms. The summed E-state index contributed by atoms with van der Waals surface area (Å²) in [5.74, 6) is 2.02. The van der Waals surface area contributed by atoms with Crippen LogP contribution in [0.4, 0.5) is 15.9 Å². The molecule has 0 unspecified atom stereocenters. The van der Waals surface area contributed by atoms with E-state index >= 15 is 4.39 Å². The van der Waals surface area contributed by atoms with Gasteiger partial charge in [0.25, 0.3) is 0 Å². The topological polar surface area (TPSA) is 102 Å². The van der Waals surface area contributed by atoms with Gasteiger partial charge in [0.15, 0.2) is 5.82 Å². The molecule has 218 valence electrons. The Morgan fingerprint density at radius 3 is 2.58 bits per heavy atom. The number of Topliss-reactive ketones (excluding diaryl/α,β-unsaturated/α-hetero) is 1. The third-order valence-corrected chi connectivity index (χ3v) is 7.95. The minimum absolute atomic E-state index is 0.338. The van der Waals surface area contributed by atoms with Crippen LogP contribution in [0.1, 0.15) is 36.2 Å². The van der Waals surface area contributed by atoms with E-state index in [1.165, 1.54) is 0 Å². The number of hydrogen-bond acceptors (Lipinski definition) is 8. The minimum atomic E-state index is -0.362. The standard InChI is InChI=1S/C34H33FN6O2/c1-20-25(7-5-10-28(20)40-33-32-30(11-6-16-37-32)38-21(2)39-33)26-8-4-9-27(31(26)35)29-15-13-23(34(41-29)43-3)19-36-18-22-12-14-24(42)17-22/h4-11,13,15-16,22,36H,12,14,17-19H2,1-3H3,(H,38,39,40)/t22-/m1/s1. The molecule has 0 aliphatic heterocycles. The maximum absolute atomic E-state index is 16.2. The molecule has 1 aliphatic carbocycles. The minimum Gasteiger partial charge on any atom is -0.481 e. The van der Waals surface area contributed by atoms with Crippen molar-refractivity contribution in [1.29, 1.82) is 0 Å². The van der Waals surface area contributed by atoms with Crippen molar-refractivity contribution in [3.8, 4) is 28.3 Å². The van der Waals surface area contributed by atoms with Crippen LogP contribution in [-0.4, -0.2) is 39.4 Å². The highest BCUT2D eigenvalue weighted by atomic mass is 19.1. The van der Waals surface area contributed by atoms with E-state index in [-0.39, 0.29) is 5.82 Å². The van der Waals surface area contributed by atoms with Gasteiger partial charge in [-0.2, -0.15) is 0 Å². The fourth-order valence-electron chi connectivity index (χ4n) is 5.71. The van der Waals surface area contributed by atoms with Crippen molar-refractivity contribution in [2.75, 3.05) is 19.0 Å². The Bertz CT molecular complexity index is 1830. The maximum atomic E-state index is 16.2. The zero-order chi connectivity index (χ0) is 29.9. The normalized spacial score (nSPS) is 14.8. The van der Waals surface area contributed by atoms with Crippen LogP contribution in [0.5, 0.6) is 5.88 Å². The molecule has 3 heterocycles. The zero-order valence-electron chi connectivity index (χ0n) is 24.4. The van der Waals surface area contributed by atoms with Gasteiger partial charge in [0.1, 0.15) is 22.9 Å². The van der Waals surface area contributed by atoms with Crippen molar-refractivity contribution >= 4 is 28.3 Å². The molecule has 0 bridgehead atoms. The van der Waals surface area contributed by atoms with Gasteiger partial charge < -0.3 is 15.4 Å². The monoisotopic (exact) mass is 576 g/mol. The fourth-order valence-corrected chi connectivity index (χ4v) is 5.71. The smallest absolute Gasteiger partial charge is 0.218 e. The number of benzene rings is 2. The number of carbonyl (C=O) groups excluding carboxylic acids is 1. The average Bonchev–Trinajstić information content (AvgIpc) is 3.43. The first-order valence-corrected chi connectivity index (χ1v) is 14.4. The van der Waals surface area contributed by atoms with Gasteiger partial charge in [-0.15, -0.1) is 0 Å². The highest BCUT2D eigenvalue weighted by Crippen LogP contribution is 2.36. The van der Waals surface area contributed by atoms with Crippen LogP contribution in [0.3, 0.4) is 0 Å². The highest BCUT2D eigenvalue weighted by molar-refractivity contribution is 5.88. The molecule has 9 heteroatoms. The van der Waals surface area contributed by atoms with Gasteiger partial charge in [-0.1, -0.05) is 30.3 Å². The lowest BCUT2D eigenvalue weighted by molar-refractivity contribution is -0.117. The van der Waals surface area contributed by atoms with Crippen LogP contribution < -0.4 is 15.4 Å². The van der Waals surface area contributed by atoms with Gasteiger partial charge in [-0.3, -0.25) is 9.78 Å². The van der Waals surface area contributed by atoms with Crippen LogP contribution in [0.2, 0.25) is 0 Å². The molecule has 2 aromatic carbocycles. The van der Waals surface area contributed by atoms with Gasteiger partial charge in [0.05, 0.1) is 18.3 Å². The first-order valence-electron chi connectivity index (χ1n) is 14.4. The van der Waals surface area contributed by atoms with Crippen molar-refractivity contribution in [1.82, 2.24) is 25.3 Å². The fraction of sp³-hybridized carbons (Fsp3) is 0.265. The first kappa shape index (κ1) is 28.4. The molecule has 0 saturated heterocycles. The van der Waals surface area contributed by atoms with Gasteiger partial charge in [0.2, 0.25) is 5.88 Å². The summed E-state index contributed by atoms with van der Waals surface area (Å²) in [6, 6.07) is 18.6. The number of hydrogen-bond donors (Lipinski definition) is 2. The van der Waals surface area contributed by atoms with Gasteiger partial charge in [-0.25, -0.2) is 19.3 Å². The van der Waals surface area contributed by atoms with E-state index in [2.05, 4.69) is 30.6 Å². The lowest BCUT2D eigenvalue weighted by Gasteiger charge is -2.16. The Labute approximate surface area is 249 Å². The largest absolute Gasteiger partial charge is 0.481 e. The predicted molar refractivity (Wildman–Crippen MR) is 166 cm³/mol. The number of nitrogens with zero attached hydrogens (tertiary/aromatic N) is 4. The summed E-state index contributed by atoms with van der Waals surface area (Å²) in [7, 11) is 1.57. The van der Waals surface area contributed by atoms with E-state index in [1.807, 2.05) is 62.4 Å². The highest BCUT2D eigenvalue weighted by Gasteiger charge is 2.22. The number of halogens is 1. The summed E-state index contributed by atoms with van der Waals surface area (Å²) >= 11 is 0. The number of methoxy groups -OCH3 is 1. The Balaban J connectivity index is 1.27. The Morgan fingerprint density at radius 1 is 0.953 bits per heavy atom. The number of ether oxygens (including phenoxy) is 1. The van der Waals surface area contributed by atoms with Crippen LogP contribution >= 0.6 is 0 Å². The van der Waals surface area contributed by atoms with Crippen LogP contribution in [0, 0.1) is 25.6 Å². The molecule has 6 rings (SSSR count). The van der Waals surface area contributed by atoms with E-state index in [4.69, 9.17) is 4.74 Å². The second kappa shape index (κ2) is 12.2. The maximum Gasteiger partial charge on any atom is 0.218 e. The number of nitrogens with one attached hydrogen (secondary N) is 2. The Kier molecular flexibility index (Phi) is 8.07. The van der Waals surface area contributed by atoms with Crippen LogP contribution in [0.25, 0.3) is 33.4 Å². The molecule has 1 atom stereocenters. The second-order valence-electron chi connectivity index (χ2n) is 10.9. The number of carbonyl (C=O) groups is 1. The number of anilines is 2. The number of ketones is 1. The van der Waals surface area contributed by atoms with E-state index < -0.39 is 0 Å². The molecule has 1 aliphatic rings. The van der Waals surface area contributed by atoms with Crippen LogP contribution in [0.15, 0.2) is 66.9 Å². The lowest BCUT2D eigenvalue weighted by atomic mass is 9.95. The van der Waals surface area contributed by atoms with E-state index in [1.54, 1.807) is 25.4 Å². The lowest BCUT2D eigenvalue weighted by Crippen LogP contribution is -2.21. The molecule has 1 fully saturated rings. The van der Waals surface area contributed by atoms with Crippen molar-refractivity contribution in [2.45, 2.75) is 39.7 Å². The Morgan fingerprint density at radius 2 is 1.77 bits per heavy atom. The molecule has 5 aromatic rings. The predicted octanol–water partition coefficient (Wildman–Crippen LogP) is 6.72. The van der Waals surface area contributed by atoms with Gasteiger partial charge in [0, 0.05) is 48.0 Å². The molecule has 2 N–H and O–H groups in total. The third kappa shape index (κ3) is 5.94. The summed E-state index contributed by atoms with van der Waals surface area (Å²) in [6.07, 6.45) is 3.96. The summed E-state index contributed by atoms with van der Waals surface area (Å²) < 4.78 is 21.8. The number of fused-ring (bicyclic) bond motifs is 1. The van der Waals surface area contributed by atoms with Crippen molar-refractivity contribution in [3.05, 3.63) is 89.6 Å². The number of rotatable bonds is 9.